The number of methoxy groups -OCH3 is 1. The number of phenolic OH excluding ortho intramolecular Hbond substituents is 1. The third kappa shape index (κ3) is 3.35. The second-order valence-electron chi connectivity index (χ2n) is 4.97. The van der Waals surface area contributed by atoms with Crippen LogP contribution in [0.2, 0.25) is 0 Å². The molecule has 1 aliphatic heterocycles. The van der Waals surface area contributed by atoms with E-state index in [1.54, 1.807) is 12.1 Å². The van der Waals surface area contributed by atoms with E-state index in [0.717, 1.165) is 12.2 Å². The molecule has 1 unspecified atom stereocenters. The summed E-state index contributed by atoms with van der Waals surface area (Å²) in [6.45, 7) is 2.78. The van der Waals surface area contributed by atoms with Crippen LogP contribution in [0.15, 0.2) is 18.2 Å². The van der Waals surface area contributed by atoms with Crippen molar-refractivity contribution in [1.29, 1.82) is 0 Å². The van der Waals surface area contributed by atoms with Crippen LogP contribution in [0.1, 0.15) is 30.1 Å². The number of rotatable bonds is 4. The number of carbonyl (C=O) groups is 1. The van der Waals surface area contributed by atoms with E-state index in [4.69, 9.17) is 4.74 Å². The van der Waals surface area contributed by atoms with Crippen molar-refractivity contribution in [2.45, 2.75) is 24.5 Å². The summed E-state index contributed by atoms with van der Waals surface area (Å²) in [6.07, 6.45) is 2.31. The molecule has 1 heterocycles. The molecule has 0 aromatic heterocycles. The van der Waals surface area contributed by atoms with Gasteiger partial charge in [-0.1, -0.05) is 0 Å². The van der Waals surface area contributed by atoms with Gasteiger partial charge < -0.3 is 15.2 Å². The van der Waals surface area contributed by atoms with Crippen molar-refractivity contribution in [2.24, 2.45) is 0 Å². The molecule has 0 aliphatic carbocycles. The average molecular weight is 281 g/mol. The van der Waals surface area contributed by atoms with Gasteiger partial charge in [0.1, 0.15) is 11.5 Å². The van der Waals surface area contributed by atoms with Gasteiger partial charge in [-0.05, 0) is 43.7 Å². The summed E-state index contributed by atoms with van der Waals surface area (Å²) in [5.41, 5.74) is 0.256. The Morgan fingerprint density at radius 1 is 1.58 bits per heavy atom. The SMILES string of the molecule is COc1ccc(O)c(C(=O)NCC2(C)CCCS2)c1. The molecular formula is C14H19NO3S. The van der Waals surface area contributed by atoms with Crippen molar-refractivity contribution in [1.82, 2.24) is 5.32 Å². The molecule has 0 saturated carbocycles. The first-order valence-corrected chi connectivity index (χ1v) is 7.32. The topological polar surface area (TPSA) is 58.6 Å². The maximum Gasteiger partial charge on any atom is 0.255 e. The van der Waals surface area contributed by atoms with Crippen LogP contribution < -0.4 is 10.1 Å². The number of nitrogens with one attached hydrogen (secondary N) is 1. The highest BCUT2D eigenvalue weighted by Gasteiger charge is 2.30. The summed E-state index contributed by atoms with van der Waals surface area (Å²) in [6, 6.07) is 4.65. The van der Waals surface area contributed by atoms with Gasteiger partial charge in [0.25, 0.3) is 5.91 Å². The molecule has 0 radical (unpaired) electrons. The predicted molar refractivity (Wildman–Crippen MR) is 77.1 cm³/mol. The molecule has 0 spiro atoms. The first-order valence-electron chi connectivity index (χ1n) is 6.33. The van der Waals surface area contributed by atoms with Gasteiger partial charge in [-0.3, -0.25) is 4.79 Å². The number of hydrogen-bond donors (Lipinski definition) is 2. The molecule has 1 aromatic carbocycles. The third-order valence-corrected chi connectivity index (χ3v) is 4.91. The molecule has 4 nitrogen and oxygen atoms in total. The number of amides is 1. The largest absolute Gasteiger partial charge is 0.507 e. The van der Waals surface area contributed by atoms with Crippen LogP contribution in [0.25, 0.3) is 0 Å². The number of carbonyl (C=O) groups excluding carboxylic acids is 1. The first-order chi connectivity index (χ1) is 9.04. The van der Waals surface area contributed by atoms with Crippen LogP contribution in [0.4, 0.5) is 0 Å². The number of benzene rings is 1. The van der Waals surface area contributed by atoms with Crippen molar-refractivity contribution >= 4 is 17.7 Å². The summed E-state index contributed by atoms with van der Waals surface area (Å²) >= 11 is 1.89. The van der Waals surface area contributed by atoms with Gasteiger partial charge in [-0.2, -0.15) is 11.8 Å². The van der Waals surface area contributed by atoms with E-state index in [9.17, 15) is 9.90 Å². The molecule has 1 aromatic rings. The lowest BCUT2D eigenvalue weighted by molar-refractivity contribution is 0.0947. The summed E-state index contributed by atoms with van der Waals surface area (Å²) in [5.74, 6) is 1.42. The fourth-order valence-electron chi connectivity index (χ4n) is 2.16. The third-order valence-electron chi connectivity index (χ3n) is 3.37. The Hall–Kier alpha value is -1.36. The minimum absolute atomic E-state index is 0.0254. The molecule has 104 valence electrons. The van der Waals surface area contributed by atoms with Gasteiger partial charge in [0.05, 0.1) is 12.7 Å². The fourth-order valence-corrected chi connectivity index (χ4v) is 3.41. The Morgan fingerprint density at radius 2 is 2.37 bits per heavy atom. The number of hydrogen-bond acceptors (Lipinski definition) is 4. The van der Waals surface area contributed by atoms with Crippen molar-refractivity contribution < 1.29 is 14.6 Å². The van der Waals surface area contributed by atoms with E-state index in [1.807, 2.05) is 11.8 Å². The lowest BCUT2D eigenvalue weighted by Gasteiger charge is -2.23. The monoisotopic (exact) mass is 281 g/mol. The minimum atomic E-state index is -0.259. The molecule has 19 heavy (non-hydrogen) atoms. The van der Waals surface area contributed by atoms with Crippen molar-refractivity contribution in [3.8, 4) is 11.5 Å². The van der Waals surface area contributed by atoms with Crippen molar-refractivity contribution in [2.75, 3.05) is 19.4 Å². The summed E-state index contributed by atoms with van der Waals surface area (Å²) in [7, 11) is 1.53. The molecule has 0 bridgehead atoms. The second-order valence-corrected chi connectivity index (χ2v) is 6.65. The zero-order chi connectivity index (χ0) is 13.9. The molecule has 1 atom stereocenters. The quantitative estimate of drug-likeness (QED) is 0.890. The Balaban J connectivity index is 2.03. The molecule has 1 fully saturated rings. The van der Waals surface area contributed by atoms with E-state index in [1.165, 1.54) is 19.6 Å². The highest BCUT2D eigenvalue weighted by atomic mass is 32.2. The Kier molecular flexibility index (Phi) is 4.24. The minimum Gasteiger partial charge on any atom is -0.507 e. The molecule has 1 aliphatic rings. The normalized spacial score (nSPS) is 22.2. The molecule has 1 amide bonds. The molecular weight excluding hydrogens is 262 g/mol. The van der Waals surface area contributed by atoms with Gasteiger partial charge in [0.2, 0.25) is 0 Å². The van der Waals surface area contributed by atoms with Crippen LogP contribution in [-0.2, 0) is 0 Å². The fraction of sp³-hybridized carbons (Fsp3) is 0.500. The van der Waals surface area contributed by atoms with Crippen LogP contribution >= 0.6 is 11.8 Å². The van der Waals surface area contributed by atoms with E-state index < -0.39 is 0 Å². The Morgan fingerprint density at radius 3 is 3.00 bits per heavy atom. The van der Waals surface area contributed by atoms with Gasteiger partial charge in [0.15, 0.2) is 0 Å². The molecule has 2 rings (SSSR count). The van der Waals surface area contributed by atoms with Crippen LogP contribution in [0.3, 0.4) is 0 Å². The molecule has 1 saturated heterocycles. The van der Waals surface area contributed by atoms with Gasteiger partial charge in [-0.15, -0.1) is 0 Å². The lowest BCUT2D eigenvalue weighted by Crippen LogP contribution is -2.36. The second kappa shape index (κ2) is 5.74. The number of ether oxygens (including phenoxy) is 1. The van der Waals surface area contributed by atoms with Gasteiger partial charge in [0, 0.05) is 11.3 Å². The smallest absolute Gasteiger partial charge is 0.255 e. The average Bonchev–Trinajstić information content (AvgIpc) is 2.84. The maximum absolute atomic E-state index is 12.1. The van der Waals surface area contributed by atoms with Crippen molar-refractivity contribution in [3.63, 3.8) is 0 Å². The van der Waals surface area contributed by atoms with Crippen molar-refractivity contribution in [3.05, 3.63) is 23.8 Å². The maximum atomic E-state index is 12.1. The van der Waals surface area contributed by atoms with Gasteiger partial charge in [-0.25, -0.2) is 0 Å². The van der Waals surface area contributed by atoms with E-state index >= 15 is 0 Å². The Labute approximate surface area is 117 Å². The van der Waals surface area contributed by atoms with Crippen LogP contribution in [0, 0.1) is 0 Å². The lowest BCUT2D eigenvalue weighted by atomic mass is 10.1. The summed E-state index contributed by atoms with van der Waals surface area (Å²) in [4.78, 5) is 12.1. The van der Waals surface area contributed by atoms with E-state index in [0.29, 0.717) is 12.3 Å². The summed E-state index contributed by atoms with van der Waals surface area (Å²) < 4.78 is 5.18. The van der Waals surface area contributed by atoms with E-state index in [-0.39, 0.29) is 22.0 Å². The van der Waals surface area contributed by atoms with E-state index in [2.05, 4.69) is 12.2 Å². The van der Waals surface area contributed by atoms with Gasteiger partial charge >= 0.3 is 0 Å². The standard InChI is InChI=1S/C14H19NO3S/c1-14(6-3-7-19-14)9-15-13(17)11-8-10(18-2)4-5-12(11)16/h4-5,8,16H,3,6-7,9H2,1-2H3,(H,15,17). The predicted octanol–water partition coefficient (Wildman–Crippen LogP) is 2.42. The highest BCUT2D eigenvalue weighted by molar-refractivity contribution is 8.00. The summed E-state index contributed by atoms with van der Waals surface area (Å²) in [5, 5.41) is 12.6. The zero-order valence-corrected chi connectivity index (χ0v) is 12.0. The highest BCUT2D eigenvalue weighted by Crippen LogP contribution is 2.37. The Bertz CT molecular complexity index is 470. The number of thioether (sulfide) groups is 1. The van der Waals surface area contributed by atoms with Crippen LogP contribution in [0.5, 0.6) is 11.5 Å². The number of phenols is 1. The molecule has 5 heteroatoms. The number of aromatic hydroxyl groups is 1. The molecule has 2 N–H and O–H groups in total. The first kappa shape index (κ1) is 14.1. The zero-order valence-electron chi connectivity index (χ0n) is 11.2. The van der Waals surface area contributed by atoms with Crippen LogP contribution in [-0.4, -0.2) is 35.2 Å².